The molecule has 4 aromatic rings. The number of hydrogen-bond donors (Lipinski definition) is 3. The first-order chi connectivity index (χ1) is 24.7. The van der Waals surface area contributed by atoms with E-state index in [9.17, 15) is 19.2 Å². The molecule has 12 heteroatoms. The van der Waals surface area contributed by atoms with Crippen LogP contribution in [0.25, 0.3) is 0 Å². The van der Waals surface area contributed by atoms with Crippen molar-refractivity contribution in [3.63, 3.8) is 0 Å². The van der Waals surface area contributed by atoms with Gasteiger partial charge in [-0.05, 0) is 61.9 Å². The quantitative estimate of drug-likeness (QED) is 0.207. The van der Waals surface area contributed by atoms with E-state index in [2.05, 4.69) is 16.0 Å². The number of fused-ring (bicyclic) bond motifs is 1. The Labute approximate surface area is 302 Å². The first kappa shape index (κ1) is 36.7. The monoisotopic (exact) mass is 712 g/mol. The number of nitrogens with one attached hydrogen (secondary N) is 3. The zero-order valence-corrected chi connectivity index (χ0v) is 29.2. The third-order valence-corrected chi connectivity index (χ3v) is 8.36. The van der Waals surface area contributed by atoms with Crippen LogP contribution in [-0.4, -0.2) is 73.0 Å². The molecule has 0 aromatic heterocycles. The molecule has 0 spiro atoms. The van der Waals surface area contributed by atoms with Crippen LogP contribution in [0, 0.1) is 0 Å². The van der Waals surface area contributed by atoms with Crippen molar-refractivity contribution in [2.45, 2.75) is 44.8 Å². The van der Waals surface area contributed by atoms with Gasteiger partial charge in [-0.15, -0.1) is 0 Å². The molecule has 51 heavy (non-hydrogen) atoms. The van der Waals surface area contributed by atoms with E-state index in [1.54, 1.807) is 84.6 Å². The van der Waals surface area contributed by atoms with Crippen molar-refractivity contribution in [3.8, 4) is 23.0 Å². The molecule has 3 atom stereocenters. The van der Waals surface area contributed by atoms with Gasteiger partial charge in [-0.3, -0.25) is 19.2 Å². The minimum absolute atomic E-state index is 0.0473. The topological polar surface area (TPSA) is 135 Å². The Morgan fingerprint density at radius 3 is 2.43 bits per heavy atom. The molecule has 266 valence electrons. The average molecular weight is 713 g/mol. The van der Waals surface area contributed by atoms with Gasteiger partial charge in [-0.1, -0.05) is 72.3 Å². The van der Waals surface area contributed by atoms with Crippen LogP contribution in [0.5, 0.6) is 23.0 Å². The molecule has 0 aliphatic carbocycles. The zero-order chi connectivity index (χ0) is 36.2. The van der Waals surface area contributed by atoms with Crippen LogP contribution in [-0.2, 0) is 20.8 Å². The standard InChI is InChI=1S/C39H41ClN4O7/c1-3-44-20-21-49-33-17-8-7-16-30(33)37(46)43-31(24-36(45)42-32(39(44)48)22-27-12-5-4-6-13-27)38(47)41-26(2)25-50-34-18-9-10-19-35(34)51-29-15-11-14-28(40)23-29/h4-19,23,26,31-32H,3,20-22,24-25H2,1-2H3,(H,41,47)(H,42,45)(H,43,46)/t26-,31+,32-/m1/s1. The molecule has 1 heterocycles. The SMILES string of the molecule is CCN1CCOc2ccccc2C(=O)N[C@H](C(=O)N[C@H](C)COc2ccccc2Oc2cccc(Cl)c2)CC(=O)N[C@H](Cc2ccccc2)C1=O. The third kappa shape index (κ3) is 10.5. The van der Waals surface area contributed by atoms with Crippen LogP contribution >= 0.6 is 11.6 Å². The van der Waals surface area contributed by atoms with Gasteiger partial charge in [0.1, 0.15) is 36.8 Å². The maximum atomic E-state index is 13.8. The molecule has 0 fully saturated rings. The number of halogens is 1. The number of nitrogens with zero attached hydrogens (tertiary/aromatic N) is 1. The summed E-state index contributed by atoms with van der Waals surface area (Å²) >= 11 is 6.11. The fourth-order valence-corrected chi connectivity index (χ4v) is 5.72. The van der Waals surface area contributed by atoms with Crippen LogP contribution in [0.2, 0.25) is 5.02 Å². The van der Waals surface area contributed by atoms with Gasteiger partial charge in [0.15, 0.2) is 11.5 Å². The van der Waals surface area contributed by atoms with E-state index in [1.807, 2.05) is 37.3 Å². The van der Waals surface area contributed by atoms with Crippen LogP contribution in [0.15, 0.2) is 103 Å². The Balaban J connectivity index is 1.32. The van der Waals surface area contributed by atoms with E-state index >= 15 is 0 Å². The summed E-state index contributed by atoms with van der Waals surface area (Å²) in [7, 11) is 0. The van der Waals surface area contributed by atoms with Gasteiger partial charge < -0.3 is 35.1 Å². The molecular formula is C39H41ClN4O7. The van der Waals surface area contributed by atoms with Gasteiger partial charge in [-0.2, -0.15) is 0 Å². The highest BCUT2D eigenvalue weighted by Gasteiger charge is 2.31. The van der Waals surface area contributed by atoms with Gasteiger partial charge in [0.05, 0.1) is 24.6 Å². The Hall–Kier alpha value is -5.55. The molecule has 4 aromatic carbocycles. The minimum atomic E-state index is -1.29. The van der Waals surface area contributed by atoms with E-state index in [0.29, 0.717) is 34.6 Å². The number of para-hydroxylation sites is 3. The Kier molecular flexibility index (Phi) is 12.9. The van der Waals surface area contributed by atoms with E-state index < -0.39 is 42.3 Å². The molecule has 0 radical (unpaired) electrons. The average Bonchev–Trinajstić information content (AvgIpc) is 3.12. The highest BCUT2D eigenvalue weighted by Crippen LogP contribution is 2.32. The van der Waals surface area contributed by atoms with Gasteiger partial charge in [0, 0.05) is 18.0 Å². The van der Waals surface area contributed by atoms with Crippen molar-refractivity contribution in [2.24, 2.45) is 0 Å². The molecule has 3 N–H and O–H groups in total. The smallest absolute Gasteiger partial charge is 0.255 e. The van der Waals surface area contributed by atoms with Crippen molar-refractivity contribution in [1.29, 1.82) is 0 Å². The van der Waals surface area contributed by atoms with Crippen molar-refractivity contribution < 1.29 is 33.4 Å². The molecule has 5 rings (SSSR count). The first-order valence-corrected chi connectivity index (χ1v) is 17.2. The van der Waals surface area contributed by atoms with Gasteiger partial charge >= 0.3 is 0 Å². The largest absolute Gasteiger partial charge is 0.491 e. The van der Waals surface area contributed by atoms with Crippen molar-refractivity contribution in [1.82, 2.24) is 20.9 Å². The number of carbonyl (C=O) groups is 4. The van der Waals surface area contributed by atoms with Gasteiger partial charge in [0.2, 0.25) is 17.7 Å². The second kappa shape index (κ2) is 17.9. The summed E-state index contributed by atoms with van der Waals surface area (Å²) in [6.45, 7) is 4.37. The highest BCUT2D eigenvalue weighted by atomic mass is 35.5. The molecular weight excluding hydrogens is 672 g/mol. The lowest BCUT2D eigenvalue weighted by Crippen LogP contribution is -2.54. The Bertz CT molecular complexity index is 1820. The van der Waals surface area contributed by atoms with Crippen LogP contribution in [0.4, 0.5) is 0 Å². The number of carbonyl (C=O) groups excluding carboxylic acids is 4. The second-order valence-electron chi connectivity index (χ2n) is 12.0. The van der Waals surface area contributed by atoms with E-state index in [1.165, 1.54) is 0 Å². The zero-order valence-electron chi connectivity index (χ0n) is 28.5. The first-order valence-electron chi connectivity index (χ1n) is 16.8. The fraction of sp³-hybridized carbons (Fsp3) is 0.282. The molecule has 1 aliphatic rings. The predicted octanol–water partition coefficient (Wildman–Crippen LogP) is 5.17. The Morgan fingerprint density at radius 1 is 0.941 bits per heavy atom. The number of ether oxygens (including phenoxy) is 3. The molecule has 0 saturated heterocycles. The second-order valence-corrected chi connectivity index (χ2v) is 12.5. The summed E-state index contributed by atoms with van der Waals surface area (Å²) in [6.07, 6.45) is -0.180. The minimum Gasteiger partial charge on any atom is -0.491 e. The fourth-order valence-electron chi connectivity index (χ4n) is 5.54. The predicted molar refractivity (Wildman–Crippen MR) is 193 cm³/mol. The highest BCUT2D eigenvalue weighted by molar-refractivity contribution is 6.30. The lowest BCUT2D eigenvalue weighted by molar-refractivity contribution is -0.137. The molecule has 11 nitrogen and oxygen atoms in total. The number of rotatable bonds is 10. The summed E-state index contributed by atoms with van der Waals surface area (Å²) in [6, 6.07) is 27.3. The van der Waals surface area contributed by atoms with Crippen LogP contribution in [0.3, 0.4) is 0 Å². The summed E-state index contributed by atoms with van der Waals surface area (Å²) in [4.78, 5) is 56.2. The number of amides is 4. The summed E-state index contributed by atoms with van der Waals surface area (Å²) in [5.41, 5.74) is 1.05. The van der Waals surface area contributed by atoms with E-state index in [4.69, 9.17) is 25.8 Å². The summed E-state index contributed by atoms with van der Waals surface area (Å²) in [5.74, 6) is -0.324. The normalized spacial score (nSPS) is 17.5. The number of likely N-dealkylation sites (N-methyl/N-ethyl adjacent to an activating group) is 1. The molecule has 1 aliphatic heterocycles. The van der Waals surface area contributed by atoms with Gasteiger partial charge in [0.25, 0.3) is 5.91 Å². The molecule has 0 unspecified atom stereocenters. The third-order valence-electron chi connectivity index (χ3n) is 8.12. The van der Waals surface area contributed by atoms with E-state index in [0.717, 1.165) is 5.56 Å². The maximum Gasteiger partial charge on any atom is 0.255 e. The molecule has 0 bridgehead atoms. The van der Waals surface area contributed by atoms with Crippen LogP contribution < -0.4 is 30.2 Å². The van der Waals surface area contributed by atoms with Crippen LogP contribution in [0.1, 0.15) is 36.2 Å². The molecule has 4 amide bonds. The lowest BCUT2D eigenvalue weighted by Gasteiger charge is -2.28. The van der Waals surface area contributed by atoms with Crippen molar-refractivity contribution in [2.75, 3.05) is 26.3 Å². The van der Waals surface area contributed by atoms with Crippen molar-refractivity contribution >= 4 is 35.2 Å². The van der Waals surface area contributed by atoms with Crippen molar-refractivity contribution in [3.05, 3.63) is 119 Å². The number of hydrogen-bond acceptors (Lipinski definition) is 7. The molecule has 0 saturated carbocycles. The van der Waals surface area contributed by atoms with Gasteiger partial charge in [-0.25, -0.2) is 0 Å². The summed E-state index contributed by atoms with van der Waals surface area (Å²) < 4.78 is 18.0. The lowest BCUT2D eigenvalue weighted by atomic mass is 10.0. The van der Waals surface area contributed by atoms with E-state index in [-0.39, 0.29) is 37.6 Å². The number of benzene rings is 4. The Morgan fingerprint density at radius 2 is 1.67 bits per heavy atom. The summed E-state index contributed by atoms with van der Waals surface area (Å²) in [5, 5.41) is 8.92. The maximum absolute atomic E-state index is 13.8.